The molecule has 0 bridgehead atoms. The summed E-state index contributed by atoms with van der Waals surface area (Å²) in [5.41, 5.74) is 0.355. The monoisotopic (exact) mass is 456 g/mol. The van der Waals surface area contributed by atoms with E-state index < -0.39 is 11.6 Å². The quantitative estimate of drug-likeness (QED) is 0.644. The molecular weight excluding hydrogens is 437 g/mol. The van der Waals surface area contributed by atoms with Gasteiger partial charge in [-0.3, -0.25) is 9.59 Å². The van der Waals surface area contributed by atoms with Gasteiger partial charge in [0.15, 0.2) is 6.61 Å². The van der Waals surface area contributed by atoms with Crippen LogP contribution in [0.15, 0.2) is 36.4 Å². The second kappa shape index (κ2) is 10.1. The van der Waals surface area contributed by atoms with Gasteiger partial charge in [0.2, 0.25) is 5.91 Å². The standard InChI is InChI=1S/C21H20Cl2F2N2O3/c22-16-7-5-14(9-18(16)24)27-21(29)12-1-3-13(4-2-12)26-20(28)11-30-15-6-8-17(23)19(25)10-15/h5-10,12-13H,1-4,11H2,(H,26,28)(H,27,29). The SMILES string of the molecule is O=C(COc1ccc(Cl)c(F)c1)NC1CCC(C(=O)Nc2ccc(Cl)c(F)c2)CC1. The van der Waals surface area contributed by atoms with Gasteiger partial charge in [-0.25, -0.2) is 8.78 Å². The van der Waals surface area contributed by atoms with Crippen molar-refractivity contribution in [1.82, 2.24) is 5.32 Å². The van der Waals surface area contributed by atoms with Gasteiger partial charge in [0.05, 0.1) is 10.0 Å². The van der Waals surface area contributed by atoms with Gasteiger partial charge in [-0.1, -0.05) is 23.2 Å². The molecule has 5 nitrogen and oxygen atoms in total. The number of anilines is 1. The molecule has 1 aliphatic rings. The third-order valence-electron chi connectivity index (χ3n) is 4.91. The average molecular weight is 457 g/mol. The van der Waals surface area contributed by atoms with E-state index in [0.29, 0.717) is 31.4 Å². The van der Waals surface area contributed by atoms with Crippen LogP contribution in [0.4, 0.5) is 14.5 Å². The minimum Gasteiger partial charge on any atom is -0.484 e. The Labute approximate surface area is 182 Å². The topological polar surface area (TPSA) is 67.4 Å². The van der Waals surface area contributed by atoms with Crippen molar-refractivity contribution < 1.29 is 23.1 Å². The van der Waals surface area contributed by atoms with Crippen molar-refractivity contribution in [3.8, 4) is 5.75 Å². The maximum Gasteiger partial charge on any atom is 0.258 e. The summed E-state index contributed by atoms with van der Waals surface area (Å²) < 4.78 is 32.2. The maximum absolute atomic E-state index is 13.5. The Hall–Kier alpha value is -2.38. The van der Waals surface area contributed by atoms with Crippen molar-refractivity contribution in [2.24, 2.45) is 5.92 Å². The summed E-state index contributed by atoms with van der Waals surface area (Å²) in [5.74, 6) is -1.72. The summed E-state index contributed by atoms with van der Waals surface area (Å²) in [6.45, 7) is -0.246. The summed E-state index contributed by atoms with van der Waals surface area (Å²) in [5, 5.41) is 5.53. The number of nitrogens with one attached hydrogen (secondary N) is 2. The lowest BCUT2D eigenvalue weighted by atomic mass is 9.85. The fourth-order valence-corrected chi connectivity index (χ4v) is 3.54. The summed E-state index contributed by atoms with van der Waals surface area (Å²) >= 11 is 11.2. The van der Waals surface area contributed by atoms with Gasteiger partial charge in [-0.05, 0) is 56.0 Å². The number of hydrogen-bond donors (Lipinski definition) is 2. The van der Waals surface area contributed by atoms with E-state index in [9.17, 15) is 18.4 Å². The predicted molar refractivity (Wildman–Crippen MR) is 111 cm³/mol. The van der Waals surface area contributed by atoms with E-state index in [4.69, 9.17) is 27.9 Å². The molecule has 1 saturated carbocycles. The smallest absolute Gasteiger partial charge is 0.258 e. The fraction of sp³-hybridized carbons (Fsp3) is 0.333. The number of hydrogen-bond acceptors (Lipinski definition) is 3. The highest BCUT2D eigenvalue weighted by atomic mass is 35.5. The number of benzene rings is 2. The highest BCUT2D eigenvalue weighted by Gasteiger charge is 2.27. The second-order valence-corrected chi connectivity index (χ2v) is 7.91. The molecule has 1 aliphatic carbocycles. The van der Waals surface area contributed by atoms with Crippen LogP contribution in [0, 0.1) is 17.6 Å². The first-order valence-electron chi connectivity index (χ1n) is 9.45. The van der Waals surface area contributed by atoms with Crippen molar-refractivity contribution >= 4 is 40.7 Å². The summed E-state index contributed by atoms with van der Waals surface area (Å²) in [4.78, 5) is 24.5. The number of ether oxygens (including phenoxy) is 1. The van der Waals surface area contributed by atoms with Gasteiger partial charge >= 0.3 is 0 Å². The van der Waals surface area contributed by atoms with Crippen LogP contribution in [0.2, 0.25) is 10.0 Å². The molecule has 160 valence electrons. The van der Waals surface area contributed by atoms with Crippen molar-refractivity contribution in [3.63, 3.8) is 0 Å². The molecule has 1 fully saturated rings. The van der Waals surface area contributed by atoms with E-state index in [1.807, 2.05) is 0 Å². The van der Waals surface area contributed by atoms with E-state index >= 15 is 0 Å². The van der Waals surface area contributed by atoms with Crippen LogP contribution in [0.3, 0.4) is 0 Å². The van der Waals surface area contributed by atoms with Crippen LogP contribution < -0.4 is 15.4 Å². The third kappa shape index (κ3) is 6.06. The Morgan fingerprint density at radius 2 is 1.60 bits per heavy atom. The number of amides is 2. The molecule has 2 aromatic rings. The van der Waals surface area contributed by atoms with Gasteiger partial charge in [0.25, 0.3) is 5.91 Å². The van der Waals surface area contributed by atoms with Gasteiger partial charge < -0.3 is 15.4 Å². The van der Waals surface area contributed by atoms with Crippen LogP contribution in [0.1, 0.15) is 25.7 Å². The summed E-state index contributed by atoms with van der Waals surface area (Å²) in [6, 6.07) is 8.00. The van der Waals surface area contributed by atoms with Crippen LogP contribution >= 0.6 is 23.2 Å². The Morgan fingerprint density at radius 1 is 0.967 bits per heavy atom. The van der Waals surface area contributed by atoms with Gasteiger partial charge in [0.1, 0.15) is 17.4 Å². The molecule has 0 heterocycles. The fourth-order valence-electron chi connectivity index (χ4n) is 3.30. The lowest BCUT2D eigenvalue weighted by Gasteiger charge is -2.28. The van der Waals surface area contributed by atoms with Crippen LogP contribution in [-0.4, -0.2) is 24.5 Å². The van der Waals surface area contributed by atoms with Gasteiger partial charge in [0, 0.05) is 23.7 Å². The first-order valence-corrected chi connectivity index (χ1v) is 10.2. The van der Waals surface area contributed by atoms with E-state index in [0.717, 1.165) is 6.07 Å². The Kier molecular flexibility index (Phi) is 7.50. The predicted octanol–water partition coefficient (Wildman–Crippen LogP) is 4.96. The average Bonchev–Trinajstić information content (AvgIpc) is 2.72. The molecule has 0 saturated heterocycles. The zero-order chi connectivity index (χ0) is 21.7. The molecule has 2 amide bonds. The second-order valence-electron chi connectivity index (χ2n) is 7.10. The molecule has 2 aromatic carbocycles. The molecule has 0 aromatic heterocycles. The lowest BCUT2D eigenvalue weighted by molar-refractivity contribution is -0.124. The van der Waals surface area contributed by atoms with E-state index in [1.165, 1.54) is 24.3 Å². The highest BCUT2D eigenvalue weighted by molar-refractivity contribution is 6.31. The lowest BCUT2D eigenvalue weighted by Crippen LogP contribution is -2.41. The van der Waals surface area contributed by atoms with E-state index in [-0.39, 0.29) is 46.2 Å². The molecule has 2 N–H and O–H groups in total. The molecule has 9 heteroatoms. The molecular formula is C21H20Cl2F2N2O3. The molecule has 0 spiro atoms. The largest absolute Gasteiger partial charge is 0.484 e. The normalized spacial score (nSPS) is 18.5. The minimum absolute atomic E-state index is 0.00516. The zero-order valence-corrected chi connectivity index (χ0v) is 17.4. The first-order chi connectivity index (χ1) is 14.3. The van der Waals surface area contributed by atoms with Gasteiger partial charge in [-0.15, -0.1) is 0 Å². The number of carbonyl (C=O) groups is 2. The van der Waals surface area contributed by atoms with Crippen molar-refractivity contribution in [2.45, 2.75) is 31.7 Å². The number of carbonyl (C=O) groups excluding carboxylic acids is 2. The van der Waals surface area contributed by atoms with Crippen LogP contribution in [0.5, 0.6) is 5.75 Å². The Morgan fingerprint density at radius 3 is 2.23 bits per heavy atom. The van der Waals surface area contributed by atoms with Gasteiger partial charge in [-0.2, -0.15) is 0 Å². The van der Waals surface area contributed by atoms with Crippen molar-refractivity contribution in [3.05, 3.63) is 58.1 Å². The van der Waals surface area contributed by atoms with Crippen LogP contribution in [-0.2, 0) is 9.59 Å². The number of halogens is 4. The highest BCUT2D eigenvalue weighted by Crippen LogP contribution is 2.27. The zero-order valence-electron chi connectivity index (χ0n) is 15.9. The Balaban J connectivity index is 1.41. The molecule has 0 atom stereocenters. The molecule has 3 rings (SSSR count). The Bertz CT molecular complexity index is 934. The first kappa shape index (κ1) is 22.3. The van der Waals surface area contributed by atoms with E-state index in [1.54, 1.807) is 6.07 Å². The summed E-state index contributed by atoms with van der Waals surface area (Å²) in [6.07, 6.45) is 2.45. The molecule has 0 aliphatic heterocycles. The maximum atomic E-state index is 13.5. The minimum atomic E-state index is -0.618. The summed E-state index contributed by atoms with van der Waals surface area (Å²) in [7, 11) is 0. The van der Waals surface area contributed by atoms with E-state index in [2.05, 4.69) is 10.6 Å². The van der Waals surface area contributed by atoms with Crippen molar-refractivity contribution in [2.75, 3.05) is 11.9 Å². The third-order valence-corrected chi connectivity index (χ3v) is 5.52. The van der Waals surface area contributed by atoms with Crippen LogP contribution in [0.25, 0.3) is 0 Å². The van der Waals surface area contributed by atoms with Crippen molar-refractivity contribution in [1.29, 1.82) is 0 Å². The molecule has 30 heavy (non-hydrogen) atoms. The number of rotatable bonds is 6. The molecule has 0 unspecified atom stereocenters. The molecule has 0 radical (unpaired) electrons.